The third kappa shape index (κ3) is 4.59. The van der Waals surface area contributed by atoms with Crippen LogP contribution in [0.1, 0.15) is 37.2 Å². The van der Waals surface area contributed by atoms with Crippen molar-refractivity contribution in [3.8, 4) is 0 Å². The Bertz CT molecular complexity index is 771. The van der Waals surface area contributed by atoms with Crippen LogP contribution in [-0.4, -0.2) is 29.9 Å². The second kappa shape index (κ2) is 7.99. The molecular weight excluding hydrogens is 328 g/mol. The number of hydrogen-bond donors (Lipinski definition) is 2. The molecule has 1 aliphatic rings. The van der Waals surface area contributed by atoms with Crippen molar-refractivity contribution in [1.82, 2.24) is 4.98 Å². The molecule has 0 spiro atoms. The summed E-state index contributed by atoms with van der Waals surface area (Å²) in [6.45, 7) is 5.79. The lowest BCUT2D eigenvalue weighted by Crippen LogP contribution is -2.34. The van der Waals surface area contributed by atoms with Gasteiger partial charge in [0.2, 0.25) is 5.91 Å². The highest BCUT2D eigenvalue weighted by atomic mass is 16.2. The van der Waals surface area contributed by atoms with Gasteiger partial charge in [-0.1, -0.05) is 6.92 Å². The smallest absolute Gasteiger partial charge is 0.274 e. The Morgan fingerprint density at radius 2 is 1.77 bits per heavy atom. The number of benzene rings is 1. The van der Waals surface area contributed by atoms with Crippen LogP contribution in [0.25, 0.3) is 0 Å². The van der Waals surface area contributed by atoms with E-state index in [0.29, 0.717) is 23.0 Å². The molecule has 2 amide bonds. The zero-order chi connectivity index (χ0) is 18.5. The molecule has 6 heteroatoms. The molecule has 2 heterocycles. The quantitative estimate of drug-likeness (QED) is 0.883. The summed E-state index contributed by atoms with van der Waals surface area (Å²) in [4.78, 5) is 30.0. The van der Waals surface area contributed by atoms with Crippen LogP contribution in [0.15, 0.2) is 42.6 Å². The van der Waals surface area contributed by atoms with Crippen molar-refractivity contribution < 1.29 is 9.59 Å². The summed E-state index contributed by atoms with van der Waals surface area (Å²) in [6.07, 6.45) is 4.23. The predicted octanol–water partition coefficient (Wildman–Crippen LogP) is 3.53. The normalized spacial score (nSPS) is 16.8. The van der Waals surface area contributed by atoms with E-state index in [0.717, 1.165) is 18.8 Å². The van der Waals surface area contributed by atoms with E-state index in [1.807, 2.05) is 6.07 Å². The van der Waals surface area contributed by atoms with Crippen molar-refractivity contribution in [2.45, 2.75) is 26.7 Å². The summed E-state index contributed by atoms with van der Waals surface area (Å²) in [5, 5.41) is 5.51. The predicted molar refractivity (Wildman–Crippen MR) is 104 cm³/mol. The molecule has 1 saturated heterocycles. The molecule has 3 rings (SSSR count). The lowest BCUT2D eigenvalue weighted by atomic mass is 10.00. The van der Waals surface area contributed by atoms with Gasteiger partial charge < -0.3 is 15.5 Å². The SMILES string of the molecule is CC(=O)Nc1ccc(NC(=O)c2ccc(N3CCCC(C)C3)cn2)cc1. The van der Waals surface area contributed by atoms with Gasteiger partial charge in [-0.3, -0.25) is 9.59 Å². The minimum Gasteiger partial charge on any atom is -0.370 e. The molecule has 1 unspecified atom stereocenters. The second-order valence-corrected chi connectivity index (χ2v) is 6.81. The summed E-state index contributed by atoms with van der Waals surface area (Å²) >= 11 is 0. The van der Waals surface area contributed by atoms with Gasteiger partial charge in [-0.15, -0.1) is 0 Å². The summed E-state index contributed by atoms with van der Waals surface area (Å²) in [6, 6.07) is 10.7. The van der Waals surface area contributed by atoms with E-state index in [1.165, 1.54) is 19.8 Å². The van der Waals surface area contributed by atoms with E-state index in [9.17, 15) is 9.59 Å². The first kappa shape index (κ1) is 17.9. The highest BCUT2D eigenvalue weighted by Crippen LogP contribution is 2.22. The molecule has 6 nitrogen and oxygen atoms in total. The fraction of sp³-hybridized carbons (Fsp3) is 0.350. The zero-order valence-electron chi connectivity index (χ0n) is 15.2. The number of rotatable bonds is 4. The highest BCUT2D eigenvalue weighted by Gasteiger charge is 2.17. The van der Waals surface area contributed by atoms with Crippen LogP contribution in [0.3, 0.4) is 0 Å². The number of nitrogens with zero attached hydrogens (tertiary/aromatic N) is 2. The molecule has 0 bridgehead atoms. The minimum absolute atomic E-state index is 0.130. The van der Waals surface area contributed by atoms with Crippen LogP contribution in [0, 0.1) is 5.92 Å². The number of pyridine rings is 1. The topological polar surface area (TPSA) is 74.3 Å². The fourth-order valence-electron chi connectivity index (χ4n) is 3.17. The Labute approximate surface area is 153 Å². The molecule has 0 aliphatic carbocycles. The van der Waals surface area contributed by atoms with Crippen LogP contribution in [0.5, 0.6) is 0 Å². The van der Waals surface area contributed by atoms with Crippen molar-refractivity contribution in [2.24, 2.45) is 5.92 Å². The first-order valence-corrected chi connectivity index (χ1v) is 8.91. The first-order valence-electron chi connectivity index (χ1n) is 8.91. The number of aromatic nitrogens is 1. The maximum atomic E-state index is 12.4. The van der Waals surface area contributed by atoms with E-state index in [2.05, 4.69) is 27.4 Å². The van der Waals surface area contributed by atoms with Gasteiger partial charge in [-0.2, -0.15) is 0 Å². The van der Waals surface area contributed by atoms with E-state index < -0.39 is 0 Å². The van der Waals surface area contributed by atoms with Crippen LogP contribution in [0.4, 0.5) is 17.1 Å². The average Bonchev–Trinajstić information content (AvgIpc) is 2.63. The van der Waals surface area contributed by atoms with Crippen LogP contribution in [0.2, 0.25) is 0 Å². The number of hydrogen-bond acceptors (Lipinski definition) is 4. The number of nitrogens with one attached hydrogen (secondary N) is 2. The van der Waals surface area contributed by atoms with Crippen LogP contribution >= 0.6 is 0 Å². The second-order valence-electron chi connectivity index (χ2n) is 6.81. The van der Waals surface area contributed by atoms with Crippen molar-refractivity contribution in [3.05, 3.63) is 48.3 Å². The monoisotopic (exact) mass is 352 g/mol. The summed E-state index contributed by atoms with van der Waals surface area (Å²) in [7, 11) is 0. The molecule has 2 N–H and O–H groups in total. The molecule has 1 aliphatic heterocycles. The molecule has 26 heavy (non-hydrogen) atoms. The Morgan fingerprint density at radius 3 is 2.35 bits per heavy atom. The van der Waals surface area contributed by atoms with Crippen molar-refractivity contribution in [2.75, 3.05) is 28.6 Å². The van der Waals surface area contributed by atoms with Gasteiger partial charge in [-0.05, 0) is 55.2 Å². The summed E-state index contributed by atoms with van der Waals surface area (Å²) in [5.74, 6) is 0.303. The largest absolute Gasteiger partial charge is 0.370 e. The number of carbonyl (C=O) groups is 2. The Morgan fingerprint density at radius 1 is 1.08 bits per heavy atom. The van der Waals surface area contributed by atoms with E-state index in [-0.39, 0.29) is 11.8 Å². The Kier molecular flexibility index (Phi) is 5.51. The van der Waals surface area contributed by atoms with E-state index >= 15 is 0 Å². The molecule has 1 fully saturated rings. The van der Waals surface area contributed by atoms with Gasteiger partial charge in [0, 0.05) is 31.4 Å². The van der Waals surface area contributed by atoms with Crippen LogP contribution < -0.4 is 15.5 Å². The van der Waals surface area contributed by atoms with Crippen molar-refractivity contribution >= 4 is 28.9 Å². The van der Waals surface area contributed by atoms with Crippen LogP contribution in [-0.2, 0) is 4.79 Å². The van der Waals surface area contributed by atoms with Gasteiger partial charge in [-0.25, -0.2) is 4.98 Å². The number of carbonyl (C=O) groups excluding carboxylic acids is 2. The fourth-order valence-corrected chi connectivity index (χ4v) is 3.17. The maximum absolute atomic E-state index is 12.4. The van der Waals surface area contributed by atoms with E-state index in [1.54, 1.807) is 36.5 Å². The Hall–Kier alpha value is -2.89. The van der Waals surface area contributed by atoms with Gasteiger partial charge in [0.1, 0.15) is 5.69 Å². The average molecular weight is 352 g/mol. The lowest BCUT2D eigenvalue weighted by Gasteiger charge is -2.32. The minimum atomic E-state index is -0.254. The number of piperidine rings is 1. The third-order valence-electron chi connectivity index (χ3n) is 4.47. The molecule has 0 radical (unpaired) electrons. The van der Waals surface area contributed by atoms with Gasteiger partial charge in [0.25, 0.3) is 5.91 Å². The lowest BCUT2D eigenvalue weighted by molar-refractivity contribution is -0.114. The molecule has 0 saturated carbocycles. The van der Waals surface area contributed by atoms with Gasteiger partial charge >= 0.3 is 0 Å². The zero-order valence-corrected chi connectivity index (χ0v) is 15.2. The van der Waals surface area contributed by atoms with Crippen molar-refractivity contribution in [3.63, 3.8) is 0 Å². The molecular formula is C20H24N4O2. The molecule has 136 valence electrons. The number of amides is 2. The van der Waals surface area contributed by atoms with Crippen molar-refractivity contribution in [1.29, 1.82) is 0 Å². The van der Waals surface area contributed by atoms with Gasteiger partial charge in [0.05, 0.1) is 11.9 Å². The Balaban J connectivity index is 1.62. The molecule has 2 aromatic rings. The molecule has 1 aromatic heterocycles. The molecule has 1 aromatic carbocycles. The summed E-state index contributed by atoms with van der Waals surface area (Å²) < 4.78 is 0. The molecule has 1 atom stereocenters. The summed E-state index contributed by atoms with van der Waals surface area (Å²) in [5.41, 5.74) is 2.78. The van der Waals surface area contributed by atoms with Gasteiger partial charge in [0.15, 0.2) is 0 Å². The standard InChI is InChI=1S/C20H24N4O2/c1-14-4-3-11-24(13-14)18-9-10-19(21-12-18)20(26)23-17-7-5-16(6-8-17)22-15(2)25/h5-10,12,14H,3-4,11,13H2,1-2H3,(H,22,25)(H,23,26). The first-order chi connectivity index (χ1) is 12.5. The highest BCUT2D eigenvalue weighted by molar-refractivity contribution is 6.03. The maximum Gasteiger partial charge on any atom is 0.274 e. The van der Waals surface area contributed by atoms with E-state index in [4.69, 9.17) is 0 Å². The third-order valence-corrected chi connectivity index (χ3v) is 4.47. The number of anilines is 3.